The summed E-state index contributed by atoms with van der Waals surface area (Å²) < 4.78 is 19.0. The molecule has 3 aromatic rings. The predicted molar refractivity (Wildman–Crippen MR) is 87.8 cm³/mol. The second kappa shape index (κ2) is 6.23. The van der Waals surface area contributed by atoms with Gasteiger partial charge in [0.1, 0.15) is 16.6 Å². The van der Waals surface area contributed by atoms with Gasteiger partial charge in [0.2, 0.25) is 0 Å². The van der Waals surface area contributed by atoms with E-state index in [0.29, 0.717) is 5.75 Å². The van der Waals surface area contributed by atoms with E-state index in [0.717, 1.165) is 27.4 Å². The zero-order valence-electron chi connectivity index (χ0n) is 12.3. The first-order valence-electron chi connectivity index (χ1n) is 6.75. The van der Waals surface area contributed by atoms with E-state index in [1.165, 1.54) is 31.0 Å². The van der Waals surface area contributed by atoms with Crippen LogP contribution in [0.4, 0.5) is 4.39 Å². The fourth-order valence-electron chi connectivity index (χ4n) is 2.38. The molecule has 0 fully saturated rings. The zero-order valence-corrected chi connectivity index (χ0v) is 13.1. The molecular formula is C17H15FN2OS. The first-order chi connectivity index (χ1) is 10.7. The van der Waals surface area contributed by atoms with Gasteiger partial charge in [0.05, 0.1) is 12.8 Å². The molecule has 0 unspecified atom stereocenters. The topological polar surface area (TPSA) is 37.9 Å². The van der Waals surface area contributed by atoms with Crippen LogP contribution in [0.1, 0.15) is 0 Å². The summed E-state index contributed by atoms with van der Waals surface area (Å²) in [5, 5.41) is 8.24. The van der Waals surface area contributed by atoms with Gasteiger partial charge in [-0.2, -0.15) is 5.10 Å². The Balaban J connectivity index is 2.22. The number of aromatic nitrogens is 2. The molecule has 0 saturated heterocycles. The number of benzene rings is 2. The largest absolute Gasteiger partial charge is 0.497 e. The number of ether oxygens (including phenoxy) is 1. The van der Waals surface area contributed by atoms with Gasteiger partial charge in [-0.25, -0.2) is 4.39 Å². The molecule has 112 valence electrons. The lowest BCUT2D eigenvalue weighted by Gasteiger charge is -2.08. The number of aromatic amines is 1. The molecule has 22 heavy (non-hydrogen) atoms. The first-order valence-corrected chi connectivity index (χ1v) is 7.98. The molecule has 0 amide bonds. The number of rotatable bonds is 4. The van der Waals surface area contributed by atoms with Crippen molar-refractivity contribution in [1.82, 2.24) is 10.2 Å². The van der Waals surface area contributed by atoms with Crippen LogP contribution in [-0.4, -0.2) is 23.6 Å². The highest BCUT2D eigenvalue weighted by Crippen LogP contribution is 2.38. The van der Waals surface area contributed by atoms with E-state index in [4.69, 9.17) is 4.74 Å². The minimum atomic E-state index is -0.332. The van der Waals surface area contributed by atoms with E-state index in [2.05, 4.69) is 10.2 Å². The highest BCUT2D eigenvalue weighted by atomic mass is 32.2. The van der Waals surface area contributed by atoms with Crippen LogP contribution in [0.5, 0.6) is 5.75 Å². The molecule has 0 spiro atoms. The summed E-state index contributed by atoms with van der Waals surface area (Å²) >= 11 is 1.52. The minimum absolute atomic E-state index is 0.332. The summed E-state index contributed by atoms with van der Waals surface area (Å²) in [5.74, 6) is 0.156. The maximum Gasteiger partial charge on any atom is 0.127 e. The lowest BCUT2D eigenvalue weighted by atomic mass is 10.0. The Labute approximate surface area is 132 Å². The third kappa shape index (κ3) is 2.72. The number of halogens is 1. The maximum absolute atomic E-state index is 13.9. The van der Waals surface area contributed by atoms with E-state index in [-0.39, 0.29) is 5.82 Å². The quantitative estimate of drug-likeness (QED) is 0.714. The Kier molecular flexibility index (Phi) is 4.15. The fraction of sp³-hybridized carbons (Fsp3) is 0.118. The van der Waals surface area contributed by atoms with Gasteiger partial charge >= 0.3 is 0 Å². The molecule has 0 bridgehead atoms. The minimum Gasteiger partial charge on any atom is -0.497 e. The summed E-state index contributed by atoms with van der Waals surface area (Å²) in [6, 6.07) is 14.6. The van der Waals surface area contributed by atoms with Gasteiger partial charge in [0.25, 0.3) is 0 Å². The Morgan fingerprint density at radius 2 is 1.86 bits per heavy atom. The number of methoxy groups -OCH3 is 1. The average Bonchev–Trinajstić information content (AvgIpc) is 2.99. The van der Waals surface area contributed by atoms with Crippen LogP contribution in [0.25, 0.3) is 22.4 Å². The predicted octanol–water partition coefficient (Wildman–Crippen LogP) is 4.61. The van der Waals surface area contributed by atoms with Crippen molar-refractivity contribution in [3.8, 4) is 28.1 Å². The van der Waals surface area contributed by atoms with Crippen molar-refractivity contribution < 1.29 is 9.13 Å². The van der Waals surface area contributed by atoms with Crippen molar-refractivity contribution in [3.63, 3.8) is 0 Å². The number of hydrogen-bond acceptors (Lipinski definition) is 3. The molecule has 0 aliphatic rings. The van der Waals surface area contributed by atoms with Crippen molar-refractivity contribution in [2.45, 2.75) is 5.03 Å². The molecule has 3 nitrogen and oxygen atoms in total. The molecule has 0 saturated carbocycles. The number of nitrogens with one attached hydrogen (secondary N) is 1. The molecule has 1 N–H and O–H groups in total. The molecule has 0 radical (unpaired) electrons. The molecule has 0 aliphatic heterocycles. The van der Waals surface area contributed by atoms with Crippen molar-refractivity contribution in [3.05, 3.63) is 54.3 Å². The van der Waals surface area contributed by atoms with Crippen LogP contribution in [0.15, 0.2) is 53.6 Å². The highest BCUT2D eigenvalue weighted by molar-refractivity contribution is 7.98. The fourth-order valence-corrected chi connectivity index (χ4v) is 2.94. The van der Waals surface area contributed by atoms with Crippen molar-refractivity contribution in [2.75, 3.05) is 13.4 Å². The molecular weight excluding hydrogens is 299 g/mol. The van der Waals surface area contributed by atoms with Crippen molar-refractivity contribution in [2.24, 2.45) is 0 Å². The van der Waals surface area contributed by atoms with Crippen LogP contribution >= 0.6 is 11.8 Å². The third-order valence-corrected chi connectivity index (χ3v) is 4.07. The van der Waals surface area contributed by atoms with Crippen LogP contribution in [-0.2, 0) is 0 Å². The molecule has 1 aromatic heterocycles. The Hall–Kier alpha value is -2.27. The molecule has 3 rings (SSSR count). The van der Waals surface area contributed by atoms with Crippen molar-refractivity contribution >= 4 is 11.8 Å². The monoisotopic (exact) mass is 314 g/mol. The first kappa shape index (κ1) is 14.7. The van der Waals surface area contributed by atoms with Crippen molar-refractivity contribution in [1.29, 1.82) is 0 Å². The summed E-state index contributed by atoms with van der Waals surface area (Å²) in [5.41, 5.74) is 3.51. The number of thioether (sulfide) groups is 1. The van der Waals surface area contributed by atoms with Gasteiger partial charge in [-0.3, -0.25) is 5.10 Å². The van der Waals surface area contributed by atoms with E-state index >= 15 is 0 Å². The van der Waals surface area contributed by atoms with E-state index in [1.54, 1.807) is 0 Å². The van der Waals surface area contributed by atoms with Gasteiger partial charge in [0, 0.05) is 17.2 Å². The summed E-state index contributed by atoms with van der Waals surface area (Å²) in [4.78, 5) is 0. The van der Waals surface area contributed by atoms with Crippen LogP contribution in [0.2, 0.25) is 0 Å². The standard InChI is InChI=1S/C17H15FN2OS/c1-21-14-9-12(8-13(18)10-14)15-16(19-20-17(15)22-2)11-6-4-3-5-7-11/h3-10H,1-2H3,(H,19,20). The van der Waals surface area contributed by atoms with Crippen LogP contribution in [0, 0.1) is 5.82 Å². The van der Waals surface area contributed by atoms with E-state index in [9.17, 15) is 4.39 Å². The van der Waals surface area contributed by atoms with Gasteiger partial charge in [-0.1, -0.05) is 30.3 Å². The lowest BCUT2D eigenvalue weighted by Crippen LogP contribution is -1.89. The zero-order chi connectivity index (χ0) is 15.5. The maximum atomic E-state index is 13.9. The Morgan fingerprint density at radius 3 is 2.55 bits per heavy atom. The van der Waals surface area contributed by atoms with Gasteiger partial charge in [-0.05, 0) is 24.0 Å². The SMILES string of the molecule is COc1cc(F)cc(-c2c(SC)n[nH]c2-c2ccccc2)c1. The van der Waals surface area contributed by atoms with E-state index < -0.39 is 0 Å². The third-order valence-electron chi connectivity index (χ3n) is 3.38. The summed E-state index contributed by atoms with van der Waals surface area (Å²) in [6.45, 7) is 0. The Morgan fingerprint density at radius 1 is 1.09 bits per heavy atom. The van der Waals surface area contributed by atoms with Gasteiger partial charge < -0.3 is 4.74 Å². The number of hydrogen-bond donors (Lipinski definition) is 1. The molecule has 0 aliphatic carbocycles. The smallest absolute Gasteiger partial charge is 0.127 e. The second-order valence-electron chi connectivity index (χ2n) is 4.73. The molecule has 2 aromatic carbocycles. The molecule has 5 heteroatoms. The second-order valence-corrected chi connectivity index (χ2v) is 5.52. The summed E-state index contributed by atoms with van der Waals surface area (Å²) in [6.07, 6.45) is 1.95. The normalized spacial score (nSPS) is 10.7. The highest BCUT2D eigenvalue weighted by Gasteiger charge is 2.17. The average molecular weight is 314 g/mol. The number of H-pyrrole nitrogens is 1. The van der Waals surface area contributed by atoms with E-state index in [1.807, 2.05) is 42.7 Å². The van der Waals surface area contributed by atoms with Gasteiger partial charge in [-0.15, -0.1) is 11.8 Å². The Bertz CT molecular complexity index is 787. The van der Waals surface area contributed by atoms with Crippen LogP contribution < -0.4 is 4.74 Å². The lowest BCUT2D eigenvalue weighted by molar-refractivity contribution is 0.411. The molecule has 1 heterocycles. The number of nitrogens with zero attached hydrogens (tertiary/aromatic N) is 1. The van der Waals surface area contributed by atoms with Gasteiger partial charge in [0.15, 0.2) is 0 Å². The summed E-state index contributed by atoms with van der Waals surface area (Å²) in [7, 11) is 1.53. The molecule has 0 atom stereocenters. The van der Waals surface area contributed by atoms with Crippen LogP contribution in [0.3, 0.4) is 0 Å².